The molecule has 0 spiro atoms. The van der Waals surface area contributed by atoms with Crippen LogP contribution in [0.2, 0.25) is 0 Å². The second-order valence-corrected chi connectivity index (χ2v) is 6.59. The van der Waals surface area contributed by atoms with Crippen molar-refractivity contribution >= 4 is 10.8 Å². The monoisotopic (exact) mass is 283 g/mol. The molecular weight excluding hydrogens is 258 g/mol. The van der Waals surface area contributed by atoms with Crippen LogP contribution in [0.15, 0.2) is 29.2 Å². The average Bonchev–Trinajstić information content (AvgIpc) is 2.39. The van der Waals surface area contributed by atoms with Crippen molar-refractivity contribution in [3.8, 4) is 0 Å². The van der Waals surface area contributed by atoms with Gasteiger partial charge in [0, 0.05) is 11.4 Å². The third-order valence-corrected chi connectivity index (χ3v) is 4.45. The van der Waals surface area contributed by atoms with Crippen LogP contribution < -0.4 is 5.32 Å². The lowest BCUT2D eigenvalue weighted by Crippen LogP contribution is -2.31. The Labute approximate surface area is 118 Å². The molecule has 0 aromatic heterocycles. The summed E-state index contributed by atoms with van der Waals surface area (Å²) in [7, 11) is -1.13. The van der Waals surface area contributed by atoms with Gasteiger partial charge in [-0.15, -0.1) is 0 Å². The summed E-state index contributed by atoms with van der Waals surface area (Å²) in [5.74, 6) is 0.767. The maximum atomic E-state index is 12.1. The van der Waals surface area contributed by atoms with Gasteiger partial charge >= 0.3 is 0 Å². The second-order valence-electron chi connectivity index (χ2n) is 5.09. The van der Waals surface area contributed by atoms with Crippen LogP contribution in [-0.4, -0.2) is 34.3 Å². The Kier molecular flexibility index (Phi) is 7.28. The highest BCUT2D eigenvalue weighted by molar-refractivity contribution is 7.85. The van der Waals surface area contributed by atoms with Crippen LogP contribution in [0.25, 0.3) is 0 Å². The largest absolute Gasteiger partial charge is 0.391 e. The molecule has 1 rings (SSSR count). The van der Waals surface area contributed by atoms with Gasteiger partial charge in [-0.05, 0) is 36.6 Å². The zero-order valence-corrected chi connectivity index (χ0v) is 12.9. The van der Waals surface area contributed by atoms with Gasteiger partial charge in [-0.25, -0.2) is 0 Å². The summed E-state index contributed by atoms with van der Waals surface area (Å²) < 4.78 is 12.1. The Bertz CT molecular complexity index is 390. The minimum Gasteiger partial charge on any atom is -0.391 e. The molecule has 0 saturated heterocycles. The van der Waals surface area contributed by atoms with Gasteiger partial charge in [0.1, 0.15) is 0 Å². The van der Waals surface area contributed by atoms with Crippen molar-refractivity contribution in [3.05, 3.63) is 29.8 Å². The van der Waals surface area contributed by atoms with Crippen molar-refractivity contribution in [2.24, 2.45) is 0 Å². The van der Waals surface area contributed by atoms with Gasteiger partial charge in [0.25, 0.3) is 0 Å². The molecule has 0 radical (unpaired) electrons. The third-order valence-electron chi connectivity index (χ3n) is 2.96. The average molecular weight is 283 g/mol. The lowest BCUT2D eigenvalue weighted by Gasteiger charge is -2.12. The first-order chi connectivity index (χ1) is 9.04. The van der Waals surface area contributed by atoms with E-state index in [4.69, 9.17) is 0 Å². The molecule has 108 valence electrons. The van der Waals surface area contributed by atoms with Crippen LogP contribution in [0, 0.1) is 0 Å². The van der Waals surface area contributed by atoms with Crippen LogP contribution in [0.4, 0.5) is 0 Å². The van der Waals surface area contributed by atoms with Crippen molar-refractivity contribution < 1.29 is 9.32 Å². The second kappa shape index (κ2) is 8.46. The lowest BCUT2D eigenvalue weighted by atomic mass is 10.0. The molecule has 0 saturated carbocycles. The smallest absolute Gasteiger partial charge is 0.0783 e. The molecule has 0 aliphatic carbocycles. The summed E-state index contributed by atoms with van der Waals surface area (Å²) in [4.78, 5) is 0.791. The molecule has 1 aromatic rings. The SMILES string of the molecule is CCCNCC(O)CS(=O)c1ccc(C(C)C)cc1. The molecule has 3 nitrogen and oxygen atoms in total. The van der Waals surface area contributed by atoms with Crippen molar-refractivity contribution in [3.63, 3.8) is 0 Å². The predicted molar refractivity (Wildman–Crippen MR) is 81.0 cm³/mol. The van der Waals surface area contributed by atoms with Crippen molar-refractivity contribution in [1.82, 2.24) is 5.32 Å². The number of hydrogen-bond donors (Lipinski definition) is 2. The number of rotatable bonds is 8. The maximum absolute atomic E-state index is 12.1. The highest BCUT2D eigenvalue weighted by Gasteiger charge is 2.11. The first-order valence-corrected chi connectivity index (χ1v) is 8.23. The first-order valence-electron chi connectivity index (χ1n) is 6.91. The van der Waals surface area contributed by atoms with Gasteiger partial charge in [-0.1, -0.05) is 32.9 Å². The molecule has 0 bridgehead atoms. The van der Waals surface area contributed by atoms with E-state index >= 15 is 0 Å². The number of aliphatic hydroxyl groups excluding tert-OH is 1. The van der Waals surface area contributed by atoms with Crippen LogP contribution in [-0.2, 0) is 10.8 Å². The first kappa shape index (κ1) is 16.3. The van der Waals surface area contributed by atoms with E-state index in [0.29, 0.717) is 12.5 Å². The van der Waals surface area contributed by atoms with Gasteiger partial charge in [-0.2, -0.15) is 0 Å². The van der Waals surface area contributed by atoms with Crippen molar-refractivity contribution in [1.29, 1.82) is 0 Å². The quantitative estimate of drug-likeness (QED) is 0.720. The highest BCUT2D eigenvalue weighted by atomic mass is 32.2. The molecule has 2 unspecified atom stereocenters. The summed E-state index contributed by atoms with van der Waals surface area (Å²) in [5.41, 5.74) is 1.24. The van der Waals surface area contributed by atoms with Crippen LogP contribution >= 0.6 is 0 Å². The standard InChI is InChI=1S/C15H25NO2S/c1-4-9-16-10-14(17)11-19(18)15-7-5-13(6-8-15)12(2)3/h5-8,12,14,16-17H,4,9-11H2,1-3H3. The summed E-state index contributed by atoms with van der Waals surface area (Å²) in [6.07, 6.45) is 0.476. The molecule has 2 N–H and O–H groups in total. The van der Waals surface area contributed by atoms with E-state index in [1.807, 2.05) is 24.3 Å². The highest BCUT2D eigenvalue weighted by Crippen LogP contribution is 2.16. The third kappa shape index (κ3) is 5.85. The van der Waals surface area contributed by atoms with E-state index in [1.54, 1.807) is 0 Å². The summed E-state index contributed by atoms with van der Waals surface area (Å²) in [5, 5.41) is 12.9. The van der Waals surface area contributed by atoms with Crippen LogP contribution in [0.1, 0.15) is 38.7 Å². The molecule has 0 fully saturated rings. The molecule has 0 aliphatic heterocycles. The molecule has 0 heterocycles. The van der Waals surface area contributed by atoms with Gasteiger partial charge < -0.3 is 10.4 Å². The number of hydrogen-bond acceptors (Lipinski definition) is 3. The number of aliphatic hydroxyl groups is 1. The van der Waals surface area contributed by atoms with E-state index in [1.165, 1.54) is 5.56 Å². The van der Waals surface area contributed by atoms with E-state index in [0.717, 1.165) is 17.9 Å². The van der Waals surface area contributed by atoms with Crippen molar-refractivity contribution in [2.45, 2.75) is 44.1 Å². The number of nitrogens with one attached hydrogen (secondary N) is 1. The minimum atomic E-state index is -1.13. The Morgan fingerprint density at radius 2 is 1.89 bits per heavy atom. The van der Waals surface area contributed by atoms with E-state index < -0.39 is 16.9 Å². The normalized spacial score (nSPS) is 14.6. The van der Waals surface area contributed by atoms with Crippen molar-refractivity contribution in [2.75, 3.05) is 18.8 Å². The Hall–Kier alpha value is -0.710. The predicted octanol–water partition coefficient (Wildman–Crippen LogP) is 2.28. The fourth-order valence-corrected chi connectivity index (χ4v) is 2.88. The summed E-state index contributed by atoms with van der Waals surface area (Å²) in [6.45, 7) is 7.73. The Balaban J connectivity index is 2.48. The summed E-state index contributed by atoms with van der Waals surface area (Å²) >= 11 is 0. The zero-order chi connectivity index (χ0) is 14.3. The van der Waals surface area contributed by atoms with Gasteiger partial charge in [0.15, 0.2) is 0 Å². The Morgan fingerprint density at radius 3 is 2.42 bits per heavy atom. The van der Waals surface area contributed by atoms with Gasteiger partial charge in [-0.3, -0.25) is 4.21 Å². The lowest BCUT2D eigenvalue weighted by molar-refractivity contribution is 0.195. The topological polar surface area (TPSA) is 49.3 Å². The molecule has 0 aliphatic rings. The van der Waals surface area contributed by atoms with Gasteiger partial charge in [0.2, 0.25) is 0 Å². The molecule has 4 heteroatoms. The van der Waals surface area contributed by atoms with Crippen LogP contribution in [0.3, 0.4) is 0 Å². The molecule has 0 amide bonds. The molecule has 19 heavy (non-hydrogen) atoms. The fourth-order valence-electron chi connectivity index (χ4n) is 1.78. The van der Waals surface area contributed by atoms with Gasteiger partial charge in [0.05, 0.1) is 22.7 Å². The fraction of sp³-hybridized carbons (Fsp3) is 0.600. The maximum Gasteiger partial charge on any atom is 0.0783 e. The van der Waals surface area contributed by atoms with E-state index in [9.17, 15) is 9.32 Å². The molecular formula is C15H25NO2S. The van der Waals surface area contributed by atoms with Crippen LogP contribution in [0.5, 0.6) is 0 Å². The molecule has 2 atom stereocenters. The summed E-state index contributed by atoms with van der Waals surface area (Å²) in [6, 6.07) is 7.83. The zero-order valence-electron chi connectivity index (χ0n) is 12.1. The minimum absolute atomic E-state index is 0.289. The van der Waals surface area contributed by atoms with E-state index in [-0.39, 0.29) is 5.75 Å². The molecule has 1 aromatic carbocycles. The van der Waals surface area contributed by atoms with E-state index in [2.05, 4.69) is 26.1 Å². The Morgan fingerprint density at radius 1 is 1.26 bits per heavy atom. The number of benzene rings is 1.